The van der Waals surface area contributed by atoms with Crippen LogP contribution in [-0.2, 0) is 6.42 Å². The highest BCUT2D eigenvalue weighted by Gasteiger charge is 2.30. The lowest BCUT2D eigenvalue weighted by molar-refractivity contribution is 0.0964. The van der Waals surface area contributed by atoms with Gasteiger partial charge in [-0.25, -0.2) is 4.98 Å². The van der Waals surface area contributed by atoms with Crippen LogP contribution < -0.4 is 0 Å². The Morgan fingerprint density at radius 3 is 2.75 bits per heavy atom. The standard InChI is InChI=1S/C22H25NO/c1-3-16(2)9-11-18-15-21-20(22(18)24)14-13-19(23-21)12-10-17-7-5-4-6-8-17/h13-14,16-18H,3-8,15H2,1-2H3. The summed E-state index contributed by atoms with van der Waals surface area (Å²) in [5.41, 5.74) is 2.41. The average Bonchev–Trinajstić information content (AvgIpc) is 2.94. The Morgan fingerprint density at radius 2 is 2.00 bits per heavy atom. The summed E-state index contributed by atoms with van der Waals surface area (Å²) in [5.74, 6) is 13.7. The van der Waals surface area contributed by atoms with Crippen LogP contribution in [0, 0.1) is 41.4 Å². The first-order chi connectivity index (χ1) is 11.7. The predicted octanol–water partition coefficient (Wildman–Crippen LogP) is 4.42. The number of carbonyl (C=O) groups is 1. The smallest absolute Gasteiger partial charge is 0.180 e. The minimum Gasteiger partial charge on any atom is -0.293 e. The molecule has 2 atom stereocenters. The third-order valence-corrected chi connectivity index (χ3v) is 5.08. The Kier molecular flexibility index (Phi) is 5.37. The maximum absolute atomic E-state index is 12.4. The molecule has 1 fully saturated rings. The number of hydrogen-bond donors (Lipinski definition) is 0. The zero-order valence-electron chi connectivity index (χ0n) is 14.7. The first-order valence-corrected chi connectivity index (χ1v) is 9.24. The number of nitrogens with zero attached hydrogens (tertiary/aromatic N) is 1. The highest BCUT2D eigenvalue weighted by molar-refractivity contribution is 6.03. The molecule has 2 heteroatoms. The van der Waals surface area contributed by atoms with E-state index < -0.39 is 0 Å². The van der Waals surface area contributed by atoms with Crippen LogP contribution in [0.5, 0.6) is 0 Å². The second-order valence-electron chi connectivity index (χ2n) is 7.01. The monoisotopic (exact) mass is 319 g/mol. The Labute approximate surface area is 145 Å². The molecule has 0 saturated heterocycles. The second kappa shape index (κ2) is 7.67. The van der Waals surface area contributed by atoms with Crippen LogP contribution in [0.3, 0.4) is 0 Å². The maximum Gasteiger partial charge on any atom is 0.180 e. The summed E-state index contributed by atoms with van der Waals surface area (Å²) in [6.45, 7) is 4.21. The molecule has 0 radical (unpaired) electrons. The van der Waals surface area contributed by atoms with Gasteiger partial charge in [0.2, 0.25) is 0 Å². The molecule has 24 heavy (non-hydrogen) atoms. The SMILES string of the molecule is CCC(C)C#CC1Cc2nc(C#CC3CCCCC3)ccc2C1=O. The number of ketones is 1. The van der Waals surface area contributed by atoms with Gasteiger partial charge in [-0.05, 0) is 37.3 Å². The van der Waals surface area contributed by atoms with E-state index in [0.717, 1.165) is 23.4 Å². The van der Waals surface area contributed by atoms with Gasteiger partial charge in [0.25, 0.3) is 0 Å². The second-order valence-corrected chi connectivity index (χ2v) is 7.01. The summed E-state index contributed by atoms with van der Waals surface area (Å²) in [6, 6.07) is 3.78. The van der Waals surface area contributed by atoms with Crippen molar-refractivity contribution in [3.63, 3.8) is 0 Å². The Balaban J connectivity index is 1.73. The molecule has 2 aliphatic carbocycles. The van der Waals surface area contributed by atoms with E-state index in [1.165, 1.54) is 32.1 Å². The number of carbonyl (C=O) groups excluding carboxylic acids is 1. The van der Waals surface area contributed by atoms with Gasteiger partial charge in [-0.15, -0.1) is 0 Å². The van der Waals surface area contributed by atoms with Gasteiger partial charge in [0.1, 0.15) is 5.69 Å². The number of hydrogen-bond acceptors (Lipinski definition) is 2. The number of rotatable bonds is 1. The minimum atomic E-state index is -0.219. The molecule has 2 nitrogen and oxygen atoms in total. The molecule has 2 aliphatic rings. The highest BCUT2D eigenvalue weighted by atomic mass is 16.1. The molecule has 1 heterocycles. The summed E-state index contributed by atoms with van der Waals surface area (Å²) in [4.78, 5) is 17.1. The van der Waals surface area contributed by atoms with Gasteiger partial charge in [-0.3, -0.25) is 4.79 Å². The summed E-state index contributed by atoms with van der Waals surface area (Å²) in [6.07, 6.45) is 8.00. The van der Waals surface area contributed by atoms with Crippen molar-refractivity contribution in [1.29, 1.82) is 0 Å². The lowest BCUT2D eigenvalue weighted by Crippen LogP contribution is -2.06. The minimum absolute atomic E-state index is 0.125. The number of fused-ring (bicyclic) bond motifs is 1. The fourth-order valence-corrected chi connectivity index (χ4v) is 3.31. The van der Waals surface area contributed by atoms with Gasteiger partial charge in [0, 0.05) is 23.8 Å². The van der Waals surface area contributed by atoms with Crippen LogP contribution in [0.2, 0.25) is 0 Å². The first kappa shape index (κ1) is 16.8. The number of pyridine rings is 1. The van der Waals surface area contributed by atoms with E-state index in [4.69, 9.17) is 0 Å². The molecule has 2 unspecified atom stereocenters. The van der Waals surface area contributed by atoms with Crippen molar-refractivity contribution in [3.05, 3.63) is 29.1 Å². The number of Topliss-reactive ketones (excluding diaryl/α,β-unsaturated/α-hetero) is 1. The molecule has 0 aliphatic heterocycles. The summed E-state index contributed by atoms with van der Waals surface area (Å²) in [7, 11) is 0. The van der Waals surface area contributed by atoms with E-state index in [1.54, 1.807) is 0 Å². The van der Waals surface area contributed by atoms with E-state index in [1.807, 2.05) is 12.1 Å². The van der Waals surface area contributed by atoms with Crippen LogP contribution in [0.4, 0.5) is 0 Å². The molecule has 1 aromatic heterocycles. The quantitative estimate of drug-likeness (QED) is 0.717. The van der Waals surface area contributed by atoms with E-state index in [-0.39, 0.29) is 11.7 Å². The van der Waals surface area contributed by atoms with Gasteiger partial charge in [0.15, 0.2) is 5.78 Å². The van der Waals surface area contributed by atoms with Gasteiger partial charge in [0.05, 0.1) is 11.6 Å². The summed E-state index contributed by atoms with van der Waals surface area (Å²) < 4.78 is 0. The molecule has 0 amide bonds. The molecule has 124 valence electrons. The zero-order valence-corrected chi connectivity index (χ0v) is 14.7. The van der Waals surface area contributed by atoms with Gasteiger partial charge in [-0.1, -0.05) is 50.9 Å². The molecule has 0 spiro atoms. The fourth-order valence-electron chi connectivity index (χ4n) is 3.31. The molecule has 0 bridgehead atoms. The van der Waals surface area contributed by atoms with Crippen LogP contribution in [0.25, 0.3) is 0 Å². The first-order valence-electron chi connectivity index (χ1n) is 9.24. The lowest BCUT2D eigenvalue weighted by Gasteiger charge is -2.15. The van der Waals surface area contributed by atoms with Crippen LogP contribution in [-0.4, -0.2) is 10.8 Å². The van der Waals surface area contributed by atoms with Crippen molar-refractivity contribution in [2.75, 3.05) is 0 Å². The maximum atomic E-state index is 12.4. The van der Waals surface area contributed by atoms with Crippen molar-refractivity contribution in [2.24, 2.45) is 17.8 Å². The molecular formula is C22H25NO. The summed E-state index contributed by atoms with van der Waals surface area (Å²) in [5, 5.41) is 0. The lowest BCUT2D eigenvalue weighted by atomic mass is 9.90. The third-order valence-electron chi connectivity index (χ3n) is 5.08. The predicted molar refractivity (Wildman–Crippen MR) is 96.4 cm³/mol. The van der Waals surface area contributed by atoms with Crippen molar-refractivity contribution in [1.82, 2.24) is 4.98 Å². The summed E-state index contributed by atoms with van der Waals surface area (Å²) >= 11 is 0. The molecule has 0 aromatic carbocycles. The van der Waals surface area contributed by atoms with Crippen LogP contribution in [0.1, 0.15) is 74.1 Å². The Bertz CT molecular complexity index is 735. The normalized spacial score (nSPS) is 21.2. The van der Waals surface area contributed by atoms with Crippen LogP contribution >= 0.6 is 0 Å². The Hall–Kier alpha value is -2.06. The fraction of sp³-hybridized carbons (Fsp3) is 0.545. The average molecular weight is 319 g/mol. The molecule has 1 saturated carbocycles. The molecule has 3 rings (SSSR count). The van der Waals surface area contributed by atoms with E-state index in [0.29, 0.717) is 18.3 Å². The zero-order chi connectivity index (χ0) is 16.9. The number of aromatic nitrogens is 1. The van der Waals surface area contributed by atoms with E-state index >= 15 is 0 Å². The van der Waals surface area contributed by atoms with Crippen molar-refractivity contribution < 1.29 is 4.79 Å². The van der Waals surface area contributed by atoms with Crippen LogP contribution in [0.15, 0.2) is 12.1 Å². The largest absolute Gasteiger partial charge is 0.293 e. The topological polar surface area (TPSA) is 30.0 Å². The third kappa shape index (κ3) is 3.88. The molecule has 0 N–H and O–H groups in total. The van der Waals surface area contributed by atoms with Gasteiger partial charge >= 0.3 is 0 Å². The van der Waals surface area contributed by atoms with Crippen molar-refractivity contribution in [2.45, 2.75) is 58.8 Å². The van der Waals surface area contributed by atoms with Gasteiger partial charge < -0.3 is 0 Å². The van der Waals surface area contributed by atoms with Gasteiger partial charge in [-0.2, -0.15) is 0 Å². The van der Waals surface area contributed by atoms with Crippen molar-refractivity contribution in [3.8, 4) is 23.7 Å². The van der Waals surface area contributed by atoms with E-state index in [9.17, 15) is 4.79 Å². The van der Waals surface area contributed by atoms with Crippen molar-refractivity contribution >= 4 is 5.78 Å². The molecular weight excluding hydrogens is 294 g/mol. The Morgan fingerprint density at radius 1 is 1.21 bits per heavy atom. The molecule has 1 aromatic rings. The highest BCUT2D eigenvalue weighted by Crippen LogP contribution is 2.26. The van der Waals surface area contributed by atoms with E-state index in [2.05, 4.69) is 42.5 Å².